The van der Waals surface area contributed by atoms with Gasteiger partial charge in [0.2, 0.25) is 15.9 Å². The molecule has 0 aliphatic rings. The first kappa shape index (κ1) is 19.7. The van der Waals surface area contributed by atoms with E-state index in [-0.39, 0.29) is 23.8 Å². The molecule has 0 unspecified atom stereocenters. The summed E-state index contributed by atoms with van der Waals surface area (Å²) in [7, 11) is -0.846. The number of hydrogen-bond donors (Lipinski definition) is 2. The smallest absolute Gasteiger partial charge is 0.240 e. The number of amides is 1. The number of methoxy groups -OCH3 is 2. The van der Waals surface area contributed by atoms with E-state index in [9.17, 15) is 13.2 Å². The second kappa shape index (κ2) is 9.21. The third-order valence-electron chi connectivity index (χ3n) is 3.64. The van der Waals surface area contributed by atoms with Gasteiger partial charge in [-0.3, -0.25) is 4.79 Å². The van der Waals surface area contributed by atoms with E-state index >= 15 is 0 Å². The highest BCUT2D eigenvalue weighted by Gasteiger charge is 2.17. The summed E-state index contributed by atoms with van der Waals surface area (Å²) in [5, 5.41) is 2.75. The maximum absolute atomic E-state index is 12.3. The minimum atomic E-state index is -3.75. The molecule has 2 N–H and O–H groups in total. The standard InChI is InChI=1S/C18H22N2O5S/c1-24-16-9-8-15(12-17(16)25-2)26(22,23)20-11-10-18(21)19-13-14-6-4-3-5-7-14/h3-9,12,20H,10-11,13H2,1-2H3,(H,19,21). The number of carbonyl (C=O) groups is 1. The Balaban J connectivity index is 1.87. The molecule has 8 heteroatoms. The predicted molar refractivity (Wildman–Crippen MR) is 97.6 cm³/mol. The SMILES string of the molecule is COc1ccc(S(=O)(=O)NCCC(=O)NCc2ccccc2)cc1OC. The van der Waals surface area contributed by atoms with Gasteiger partial charge in [0.15, 0.2) is 11.5 Å². The van der Waals surface area contributed by atoms with Crippen LogP contribution in [0.4, 0.5) is 0 Å². The minimum Gasteiger partial charge on any atom is -0.493 e. The zero-order valence-corrected chi connectivity index (χ0v) is 15.5. The maximum atomic E-state index is 12.3. The topological polar surface area (TPSA) is 93.7 Å². The molecule has 26 heavy (non-hydrogen) atoms. The zero-order valence-electron chi connectivity index (χ0n) is 14.7. The van der Waals surface area contributed by atoms with Gasteiger partial charge in [-0.1, -0.05) is 30.3 Å². The fourth-order valence-corrected chi connectivity index (χ4v) is 3.30. The van der Waals surface area contributed by atoms with E-state index in [4.69, 9.17) is 9.47 Å². The van der Waals surface area contributed by atoms with E-state index in [1.54, 1.807) is 0 Å². The first-order chi connectivity index (χ1) is 12.5. The van der Waals surface area contributed by atoms with E-state index < -0.39 is 10.0 Å². The van der Waals surface area contributed by atoms with Crippen molar-refractivity contribution in [1.29, 1.82) is 0 Å². The molecule has 0 aliphatic heterocycles. The average molecular weight is 378 g/mol. The molecule has 0 saturated heterocycles. The van der Waals surface area contributed by atoms with E-state index in [0.29, 0.717) is 18.0 Å². The number of benzene rings is 2. The Kier molecular flexibility index (Phi) is 6.99. The highest BCUT2D eigenvalue weighted by Crippen LogP contribution is 2.29. The summed E-state index contributed by atoms with van der Waals surface area (Å²) in [6, 6.07) is 13.8. The van der Waals surface area contributed by atoms with Crippen LogP contribution in [0, 0.1) is 0 Å². The monoisotopic (exact) mass is 378 g/mol. The summed E-state index contributed by atoms with van der Waals surface area (Å²) in [4.78, 5) is 11.9. The average Bonchev–Trinajstić information content (AvgIpc) is 2.66. The van der Waals surface area contributed by atoms with Crippen molar-refractivity contribution in [2.24, 2.45) is 0 Å². The molecule has 0 aromatic heterocycles. The third kappa shape index (κ3) is 5.47. The van der Waals surface area contributed by atoms with Crippen LogP contribution in [-0.4, -0.2) is 35.1 Å². The van der Waals surface area contributed by atoms with Crippen LogP contribution in [0.3, 0.4) is 0 Å². The lowest BCUT2D eigenvalue weighted by atomic mass is 10.2. The van der Waals surface area contributed by atoms with Gasteiger partial charge in [-0.15, -0.1) is 0 Å². The highest BCUT2D eigenvalue weighted by molar-refractivity contribution is 7.89. The van der Waals surface area contributed by atoms with Crippen molar-refractivity contribution in [3.05, 3.63) is 54.1 Å². The molecule has 0 atom stereocenters. The van der Waals surface area contributed by atoms with Crippen LogP contribution in [0.5, 0.6) is 11.5 Å². The van der Waals surface area contributed by atoms with Crippen molar-refractivity contribution in [2.75, 3.05) is 20.8 Å². The van der Waals surface area contributed by atoms with Gasteiger partial charge in [0.25, 0.3) is 0 Å². The van der Waals surface area contributed by atoms with Gasteiger partial charge in [-0.05, 0) is 17.7 Å². The lowest BCUT2D eigenvalue weighted by molar-refractivity contribution is -0.121. The summed E-state index contributed by atoms with van der Waals surface area (Å²) < 4.78 is 37.2. The summed E-state index contributed by atoms with van der Waals surface area (Å²) in [5.41, 5.74) is 0.978. The fraction of sp³-hybridized carbons (Fsp3) is 0.278. The van der Waals surface area contributed by atoms with Crippen LogP contribution in [0.25, 0.3) is 0 Å². The molecule has 0 saturated carbocycles. The second-order valence-corrected chi connectivity index (χ2v) is 7.19. The molecule has 0 aliphatic carbocycles. The molecular formula is C18H22N2O5S. The van der Waals surface area contributed by atoms with E-state index in [2.05, 4.69) is 10.0 Å². The van der Waals surface area contributed by atoms with Gasteiger partial charge in [0.1, 0.15) is 0 Å². The highest BCUT2D eigenvalue weighted by atomic mass is 32.2. The van der Waals surface area contributed by atoms with Crippen LogP contribution in [0.15, 0.2) is 53.4 Å². The molecule has 2 aromatic rings. The Morgan fingerprint density at radius 3 is 2.35 bits per heavy atom. The molecule has 1 amide bonds. The third-order valence-corrected chi connectivity index (χ3v) is 5.10. The molecule has 7 nitrogen and oxygen atoms in total. The lowest BCUT2D eigenvalue weighted by Gasteiger charge is -2.11. The minimum absolute atomic E-state index is 0.00268. The number of carbonyl (C=O) groups excluding carboxylic acids is 1. The van der Waals surface area contributed by atoms with Gasteiger partial charge in [0.05, 0.1) is 19.1 Å². The van der Waals surface area contributed by atoms with Gasteiger partial charge in [-0.2, -0.15) is 0 Å². The Hall–Kier alpha value is -2.58. The van der Waals surface area contributed by atoms with E-state index in [0.717, 1.165) is 5.56 Å². The Labute approximate surface area is 153 Å². The van der Waals surface area contributed by atoms with Crippen LogP contribution >= 0.6 is 0 Å². The van der Waals surface area contributed by atoms with Crippen molar-refractivity contribution in [3.8, 4) is 11.5 Å². The second-order valence-electron chi connectivity index (χ2n) is 5.43. The normalized spacial score (nSPS) is 11.0. The van der Waals surface area contributed by atoms with Crippen molar-refractivity contribution < 1.29 is 22.7 Å². The van der Waals surface area contributed by atoms with Crippen LogP contribution in [0.1, 0.15) is 12.0 Å². The van der Waals surface area contributed by atoms with Crippen LogP contribution in [0.2, 0.25) is 0 Å². The lowest BCUT2D eigenvalue weighted by Crippen LogP contribution is -2.30. The van der Waals surface area contributed by atoms with Crippen molar-refractivity contribution in [3.63, 3.8) is 0 Å². The number of ether oxygens (including phenoxy) is 2. The quantitative estimate of drug-likeness (QED) is 0.693. The summed E-state index contributed by atoms with van der Waals surface area (Å²) >= 11 is 0. The van der Waals surface area contributed by atoms with Crippen LogP contribution in [-0.2, 0) is 21.4 Å². The van der Waals surface area contributed by atoms with Crippen molar-refractivity contribution in [2.45, 2.75) is 17.9 Å². The summed E-state index contributed by atoms with van der Waals surface area (Å²) in [5.74, 6) is 0.520. The molecular weight excluding hydrogens is 356 g/mol. The number of hydrogen-bond acceptors (Lipinski definition) is 5. The summed E-state index contributed by atoms with van der Waals surface area (Å²) in [6.07, 6.45) is 0.0410. The Morgan fingerprint density at radius 2 is 1.69 bits per heavy atom. The Bertz CT molecular complexity index is 838. The molecule has 0 bridgehead atoms. The fourth-order valence-electron chi connectivity index (χ4n) is 2.25. The van der Waals surface area contributed by atoms with E-state index in [1.807, 2.05) is 30.3 Å². The zero-order chi connectivity index (χ0) is 19.0. The maximum Gasteiger partial charge on any atom is 0.240 e. The van der Waals surface area contributed by atoms with Crippen LogP contribution < -0.4 is 19.5 Å². The molecule has 140 valence electrons. The first-order valence-corrected chi connectivity index (χ1v) is 9.47. The number of nitrogens with one attached hydrogen (secondary N) is 2. The van der Waals surface area contributed by atoms with Gasteiger partial charge in [-0.25, -0.2) is 13.1 Å². The van der Waals surface area contributed by atoms with Gasteiger partial charge in [0, 0.05) is 25.6 Å². The molecule has 0 heterocycles. The largest absolute Gasteiger partial charge is 0.493 e. The number of rotatable bonds is 9. The molecule has 0 fully saturated rings. The summed E-state index contributed by atoms with van der Waals surface area (Å²) in [6.45, 7) is 0.402. The Morgan fingerprint density at radius 1 is 1.00 bits per heavy atom. The predicted octanol–water partition coefficient (Wildman–Crippen LogP) is 1.69. The molecule has 2 rings (SSSR count). The van der Waals surface area contributed by atoms with Gasteiger partial charge >= 0.3 is 0 Å². The molecule has 0 radical (unpaired) electrons. The van der Waals surface area contributed by atoms with Gasteiger partial charge < -0.3 is 14.8 Å². The van der Waals surface area contributed by atoms with Crippen molar-refractivity contribution in [1.82, 2.24) is 10.0 Å². The molecule has 2 aromatic carbocycles. The number of sulfonamides is 1. The molecule has 0 spiro atoms. The first-order valence-electron chi connectivity index (χ1n) is 7.98. The van der Waals surface area contributed by atoms with Crippen molar-refractivity contribution >= 4 is 15.9 Å². The van der Waals surface area contributed by atoms with E-state index in [1.165, 1.54) is 32.4 Å².